The monoisotopic (exact) mass is 1770 g/mol. The van der Waals surface area contributed by atoms with E-state index < -0.39 is 0 Å². The molecule has 2 atom stereocenters. The highest BCUT2D eigenvalue weighted by Crippen LogP contribution is 2.43. The minimum Gasteiger partial charge on any atom is -0.378 e. The first kappa shape index (κ1) is 93.1. The fraction of sp³-hybridized carbons (Fsp3) is 0.553. The summed E-state index contributed by atoms with van der Waals surface area (Å²) in [5.41, 5.74) is 12.1. The first-order valence-electron chi connectivity index (χ1n) is 44.4. The quantitative estimate of drug-likeness (QED) is 0.0332. The zero-order valence-electron chi connectivity index (χ0n) is 75.7. The third kappa shape index (κ3) is 24.2. The van der Waals surface area contributed by atoms with E-state index in [9.17, 15) is 14.4 Å². The third-order valence-electron chi connectivity index (χ3n) is 23.5. The first-order valence-corrected chi connectivity index (χ1v) is 45.5. The zero-order valence-corrected chi connectivity index (χ0v) is 78.0. The van der Waals surface area contributed by atoms with Gasteiger partial charge < -0.3 is 29.6 Å². The molecule has 6 fully saturated rings. The maximum atomic E-state index is 12.4. The van der Waals surface area contributed by atoms with Gasteiger partial charge in [-0.05, 0) is 242 Å². The van der Waals surface area contributed by atoms with Gasteiger partial charge in [-0.1, -0.05) is 102 Å². The number of nitrogens with one attached hydrogen (secondary N) is 5. The van der Waals surface area contributed by atoms with Gasteiger partial charge in [0.2, 0.25) is 47.5 Å². The largest absolute Gasteiger partial charge is 0.378 e. The van der Waals surface area contributed by atoms with E-state index in [1.54, 1.807) is 41.4 Å². The lowest BCUT2D eigenvalue weighted by Gasteiger charge is -2.33. The molecule has 3 amide bonds. The number of hydrogen-bond acceptors (Lipinski definition) is 20. The third-order valence-corrected chi connectivity index (χ3v) is 24.1. The van der Waals surface area contributed by atoms with Crippen LogP contribution in [0.25, 0.3) is 61.6 Å². The molecule has 670 valence electrons. The van der Waals surface area contributed by atoms with Crippen molar-refractivity contribution in [2.45, 2.75) is 293 Å². The molecule has 2 aliphatic heterocycles. The molecular weight excluding hydrogens is 1640 g/mol. The average Bonchev–Trinajstić information content (AvgIpc) is 1.65. The molecule has 0 radical (unpaired) electrons. The predicted molar refractivity (Wildman–Crippen MR) is 498 cm³/mol. The molecule has 4 saturated carbocycles. The van der Waals surface area contributed by atoms with E-state index >= 15 is 0 Å². The van der Waals surface area contributed by atoms with Crippen LogP contribution < -0.4 is 26.6 Å². The summed E-state index contributed by atoms with van der Waals surface area (Å²) in [6.45, 7) is 44.4. The van der Waals surface area contributed by atoms with Crippen molar-refractivity contribution in [2.75, 3.05) is 53.0 Å². The fourth-order valence-electron chi connectivity index (χ4n) is 15.2. The molecule has 31 heteroatoms. The Kier molecular flexibility index (Phi) is 29.6. The summed E-state index contributed by atoms with van der Waals surface area (Å²) in [5, 5.41) is 17.3. The molecule has 5 N–H and O–H groups in total. The van der Waals surface area contributed by atoms with Gasteiger partial charge in [0.05, 0.1) is 46.7 Å². The number of pyridine rings is 6. The molecule has 28 nitrogen and oxygen atoms in total. The molecule has 2 saturated heterocycles. The van der Waals surface area contributed by atoms with Crippen LogP contribution in [-0.4, -0.2) is 145 Å². The summed E-state index contributed by atoms with van der Waals surface area (Å²) >= 11 is 18.2. The van der Waals surface area contributed by atoms with Crippen molar-refractivity contribution in [2.24, 2.45) is 16.2 Å². The Morgan fingerprint density at radius 1 is 0.416 bits per heavy atom. The number of imidazole rings is 5. The van der Waals surface area contributed by atoms with Gasteiger partial charge in [0, 0.05) is 110 Å². The molecule has 4 aliphatic carbocycles. The van der Waals surface area contributed by atoms with E-state index in [0.29, 0.717) is 107 Å². The van der Waals surface area contributed by atoms with Crippen LogP contribution in [0.3, 0.4) is 0 Å². The van der Waals surface area contributed by atoms with Gasteiger partial charge in [0.25, 0.3) is 0 Å². The highest BCUT2D eigenvalue weighted by atomic mass is 35.5. The SMILES string of the molecule is C=C(Nc1nc2cc(C)cnc2n1C1CCC1)C(C)(C)COC(C)(C)C.C=C(Nc1nc2cc(Cl)cnc2n1C1CCC1)C(C)(C)COC(C)(C)C.Cc1ccc(-n2c(NC(=O)CC(C)(C)C)nc3ccc(Cl)nc32)nc1.Cc1cnc2c(c1)nc(NC(=O)CCC1CCCO1)n2C1CCC1.O=C(CCC1CCCO1)Nc1nc2cc(Cl)cnc2n1C1CCC1. The van der Waals surface area contributed by atoms with E-state index in [1.807, 2.05) is 78.2 Å². The number of aryl methyl sites for hydroxylation is 3. The Morgan fingerprint density at radius 3 is 1.14 bits per heavy atom. The topological polar surface area (TPSA) is 315 Å². The van der Waals surface area contributed by atoms with Crippen molar-refractivity contribution in [1.29, 1.82) is 0 Å². The van der Waals surface area contributed by atoms with Crippen molar-refractivity contribution in [3.8, 4) is 5.82 Å². The highest BCUT2D eigenvalue weighted by Gasteiger charge is 2.35. The van der Waals surface area contributed by atoms with E-state index in [2.05, 4.69) is 178 Å². The van der Waals surface area contributed by atoms with Crippen LogP contribution in [0.4, 0.5) is 29.7 Å². The zero-order chi connectivity index (χ0) is 89.5. The number of anilines is 5. The number of carbonyl (C=O) groups excluding carboxylic acids is 3. The second kappa shape index (κ2) is 39.8. The van der Waals surface area contributed by atoms with Crippen LogP contribution >= 0.6 is 34.8 Å². The maximum absolute atomic E-state index is 12.4. The number of carbonyl (C=O) groups is 3. The highest BCUT2D eigenvalue weighted by molar-refractivity contribution is 6.31. The standard InChI is InChI=1S/C21H32N4O.C20H29ClN4O.C18H20ClN5O.C18H24N4O2.C17H21ClN4O2/c1-14-11-17-18(22-12-14)25(16-9-8-10-16)19(24-17)23-15(2)21(6,7)13-26-20(3,4)5;1-13(20(5,6)12-26-19(2,3)4)23-18-24-16-10-14(21)11-22-17(16)25(18)15-8-7-9-15;1-11-5-8-14(20-10-11)24-16-12(6-7-13(19)22-16)21-17(24)23-15(25)9-18(2,3)4;1-12-10-15-17(19-11-12)22(13-4-2-5-13)18(20-15)21-16(23)8-7-14-6-3-9-24-14;18-11-9-14-16(19-10-11)22(12-3-1-4-12)17(20-14)21-15(23)7-6-13-5-2-8-24-13/h11-12,16H,2,8-10,13H2,1,3-7H3,(H,23,24);10-11,15H,1,7-9,12H2,2-6H3,(H,23,24);5-8,10H,9H2,1-4H3,(H,21,23,25);10-11,13-14H,2-9H2,1H3,(H,20,21,23);9-10,12-13H,1-8H2,(H,20,21,23). The van der Waals surface area contributed by atoms with Gasteiger partial charge in [-0.3, -0.25) is 48.6 Å². The number of amides is 3. The van der Waals surface area contributed by atoms with Crippen molar-refractivity contribution in [1.82, 2.24) is 77.7 Å². The summed E-state index contributed by atoms with van der Waals surface area (Å²) in [6.07, 6.45) is 30.5. The Balaban J connectivity index is 0.000000134. The molecule has 6 aliphatic rings. The molecule has 11 aromatic heterocycles. The van der Waals surface area contributed by atoms with Gasteiger partial charge in [0.15, 0.2) is 28.2 Å². The number of rotatable bonds is 25. The number of aromatic nitrogens is 16. The van der Waals surface area contributed by atoms with Gasteiger partial charge in [-0.25, -0.2) is 59.4 Å². The molecule has 17 rings (SSSR count). The van der Waals surface area contributed by atoms with Crippen LogP contribution in [0.15, 0.2) is 104 Å². The van der Waals surface area contributed by atoms with E-state index in [1.165, 1.54) is 38.5 Å². The summed E-state index contributed by atoms with van der Waals surface area (Å²) < 4.78 is 33.5. The second-order valence-corrected chi connectivity index (χ2v) is 40.0. The van der Waals surface area contributed by atoms with Gasteiger partial charge in [0.1, 0.15) is 38.6 Å². The molecule has 0 aromatic carbocycles. The smallest absolute Gasteiger partial charge is 0.227 e. The lowest BCUT2D eigenvalue weighted by molar-refractivity contribution is -0.118. The molecule has 11 aromatic rings. The summed E-state index contributed by atoms with van der Waals surface area (Å²) in [6, 6.07) is 16.7. The molecule has 2 unspecified atom stereocenters. The predicted octanol–water partition coefficient (Wildman–Crippen LogP) is 22.0. The van der Waals surface area contributed by atoms with Crippen LogP contribution in [-0.2, 0) is 33.3 Å². The van der Waals surface area contributed by atoms with Crippen molar-refractivity contribution >= 4 is 138 Å². The number of hydrogen-bond donors (Lipinski definition) is 5. The Morgan fingerprint density at radius 2 is 0.784 bits per heavy atom. The minimum atomic E-state index is -0.235. The Labute approximate surface area is 748 Å². The van der Waals surface area contributed by atoms with Crippen molar-refractivity contribution in [3.63, 3.8) is 0 Å². The fourth-order valence-corrected chi connectivity index (χ4v) is 15.6. The summed E-state index contributed by atoms with van der Waals surface area (Å²) in [7, 11) is 0. The number of fused-ring (bicyclic) bond motifs is 5. The lowest BCUT2D eigenvalue weighted by Crippen LogP contribution is -2.32. The first-order chi connectivity index (χ1) is 59.3. The maximum Gasteiger partial charge on any atom is 0.227 e. The van der Waals surface area contributed by atoms with Gasteiger partial charge in [-0.15, -0.1) is 0 Å². The summed E-state index contributed by atoms with van der Waals surface area (Å²) in [4.78, 5) is 87.2. The number of halogens is 3. The van der Waals surface area contributed by atoms with Crippen molar-refractivity contribution in [3.05, 3.63) is 136 Å². The summed E-state index contributed by atoms with van der Waals surface area (Å²) in [5.74, 6) is 3.74. The van der Waals surface area contributed by atoms with E-state index in [4.69, 9.17) is 63.7 Å². The molecule has 0 spiro atoms. The Bertz CT molecular complexity index is 5380. The van der Waals surface area contributed by atoms with Crippen LogP contribution in [0.2, 0.25) is 15.2 Å². The Hall–Kier alpha value is -9.55. The molecular formula is C94H126Cl3N21O7. The van der Waals surface area contributed by atoms with Crippen LogP contribution in [0, 0.1) is 37.0 Å². The van der Waals surface area contributed by atoms with Gasteiger partial charge >= 0.3 is 0 Å². The van der Waals surface area contributed by atoms with E-state index in [0.717, 1.165) is 175 Å². The second-order valence-electron chi connectivity index (χ2n) is 38.7. The molecule has 13 heterocycles. The van der Waals surface area contributed by atoms with Crippen LogP contribution in [0.1, 0.15) is 266 Å². The average molecular weight is 1770 g/mol. The minimum absolute atomic E-state index is 0.0121. The van der Waals surface area contributed by atoms with E-state index in [-0.39, 0.29) is 57.4 Å². The lowest BCUT2D eigenvalue weighted by atomic mass is 9.90. The molecule has 0 bridgehead atoms. The van der Waals surface area contributed by atoms with Gasteiger partial charge in [-0.2, -0.15) is 0 Å². The number of ether oxygens (including phenoxy) is 4. The van der Waals surface area contributed by atoms with Crippen LogP contribution in [0.5, 0.6) is 0 Å². The molecule has 125 heavy (non-hydrogen) atoms. The normalized spacial score (nSPS) is 17.1. The number of nitrogens with zero attached hydrogens (tertiary/aromatic N) is 16. The van der Waals surface area contributed by atoms with Crippen molar-refractivity contribution < 1.29 is 33.3 Å².